The molecule has 6 aromatic rings. The molecule has 3 aromatic heterocycles. The van der Waals surface area contributed by atoms with Gasteiger partial charge in [-0.1, -0.05) is 53.7 Å². The molecule has 0 unspecified atom stereocenters. The van der Waals surface area contributed by atoms with E-state index < -0.39 is 34.0 Å². The van der Waals surface area contributed by atoms with Crippen LogP contribution >= 0.6 is 11.3 Å². The van der Waals surface area contributed by atoms with Crippen LogP contribution in [-0.4, -0.2) is 57.9 Å². The zero-order valence-electron chi connectivity index (χ0n) is 25.2. The van der Waals surface area contributed by atoms with E-state index in [2.05, 4.69) is 25.6 Å². The zero-order valence-corrected chi connectivity index (χ0v) is 26.8. The van der Waals surface area contributed by atoms with Crippen LogP contribution in [0.5, 0.6) is 5.75 Å². The number of para-hydroxylation sites is 1. The molecule has 0 spiro atoms. The second-order valence-electron chi connectivity index (χ2n) is 10.7. The van der Waals surface area contributed by atoms with Crippen molar-refractivity contribution >= 4 is 54.4 Å². The number of nitrogens with zero attached hydrogens (tertiary/aromatic N) is 4. The number of aromatic amines is 1. The standard InChI is InChI=1S/C32H31N7O6S2/c1-2-44-31(41)27(15-21-17-34-25-11-7-6-10-24(21)25)35-30(40)28(14-20-8-4-3-5-9-20)39-18-22(37-38-39)19-45-23-12-13-26-29(16-23)46-32(36-26)47(33,42)43/h3-13,16-18,27-28,34H,2,14-15,19H2,1H3,(H,35,40)(H2,33,42,43)/t27-,28-/m0/s1. The van der Waals surface area contributed by atoms with Gasteiger partial charge in [0.2, 0.25) is 10.2 Å². The molecule has 1 amide bonds. The zero-order chi connectivity index (χ0) is 33.0. The Labute approximate surface area is 273 Å². The summed E-state index contributed by atoms with van der Waals surface area (Å²) in [6.45, 7) is 1.91. The van der Waals surface area contributed by atoms with E-state index >= 15 is 0 Å². The SMILES string of the molecule is CCOC(=O)[C@H](Cc1c[nH]c2ccccc12)NC(=O)[C@H](Cc1ccccc1)n1cc(COc2ccc3nc(S(N)(=O)=O)sc3c2)nn1. The summed E-state index contributed by atoms with van der Waals surface area (Å²) in [4.78, 5) is 34.3. The van der Waals surface area contributed by atoms with E-state index in [1.165, 1.54) is 4.68 Å². The Morgan fingerprint density at radius 3 is 2.64 bits per heavy atom. The smallest absolute Gasteiger partial charge is 0.328 e. The first-order chi connectivity index (χ1) is 22.7. The van der Waals surface area contributed by atoms with Crippen molar-refractivity contribution in [1.29, 1.82) is 0 Å². The summed E-state index contributed by atoms with van der Waals surface area (Å²) in [5, 5.41) is 17.6. The number of hydrogen-bond donors (Lipinski definition) is 3. The molecule has 0 saturated carbocycles. The third-order valence-electron chi connectivity index (χ3n) is 7.41. The number of sulfonamides is 1. The summed E-state index contributed by atoms with van der Waals surface area (Å²) in [6.07, 6.45) is 3.97. The molecule has 4 N–H and O–H groups in total. The number of aromatic nitrogens is 5. The number of carbonyl (C=O) groups excluding carboxylic acids is 2. The van der Waals surface area contributed by atoms with Crippen LogP contribution in [0.25, 0.3) is 21.1 Å². The molecule has 47 heavy (non-hydrogen) atoms. The number of nitrogens with two attached hydrogens (primary N) is 1. The highest BCUT2D eigenvalue weighted by atomic mass is 32.2. The second kappa shape index (κ2) is 13.7. The van der Waals surface area contributed by atoms with Gasteiger partial charge in [0.05, 0.1) is 23.0 Å². The maximum absolute atomic E-state index is 13.9. The monoisotopic (exact) mass is 673 g/mol. The first-order valence-electron chi connectivity index (χ1n) is 14.7. The lowest BCUT2D eigenvalue weighted by Crippen LogP contribution is -2.46. The van der Waals surface area contributed by atoms with E-state index in [0.717, 1.165) is 33.4 Å². The number of thiazole rings is 1. The molecule has 242 valence electrons. The van der Waals surface area contributed by atoms with E-state index in [0.29, 0.717) is 21.7 Å². The molecule has 2 atom stereocenters. The summed E-state index contributed by atoms with van der Waals surface area (Å²) >= 11 is 0.948. The van der Waals surface area contributed by atoms with Gasteiger partial charge < -0.3 is 19.8 Å². The summed E-state index contributed by atoms with van der Waals surface area (Å²) < 4.78 is 36.5. The Bertz CT molecular complexity index is 2140. The Morgan fingerprint density at radius 2 is 1.85 bits per heavy atom. The number of esters is 1. The molecular weight excluding hydrogens is 643 g/mol. The first-order valence-corrected chi connectivity index (χ1v) is 17.1. The van der Waals surface area contributed by atoms with Crippen LogP contribution in [0.2, 0.25) is 0 Å². The van der Waals surface area contributed by atoms with Crippen LogP contribution in [0.15, 0.2) is 89.5 Å². The third kappa shape index (κ3) is 7.48. The summed E-state index contributed by atoms with van der Waals surface area (Å²) in [5.74, 6) is -0.499. The van der Waals surface area contributed by atoms with Crippen molar-refractivity contribution in [3.05, 3.63) is 102 Å². The van der Waals surface area contributed by atoms with E-state index in [1.807, 2.05) is 60.8 Å². The number of carbonyl (C=O) groups is 2. The number of amides is 1. The predicted octanol–water partition coefficient (Wildman–Crippen LogP) is 3.67. The van der Waals surface area contributed by atoms with Crippen LogP contribution in [0.4, 0.5) is 0 Å². The summed E-state index contributed by atoms with van der Waals surface area (Å²) in [7, 11) is -3.92. The van der Waals surface area contributed by atoms with Gasteiger partial charge >= 0.3 is 5.97 Å². The van der Waals surface area contributed by atoms with E-state index in [4.69, 9.17) is 14.6 Å². The number of hydrogen-bond acceptors (Lipinski definition) is 10. The third-order valence-corrected chi connectivity index (χ3v) is 9.75. The molecular formula is C32H31N7O6S2. The lowest BCUT2D eigenvalue weighted by Gasteiger charge is -2.22. The Morgan fingerprint density at radius 1 is 1.06 bits per heavy atom. The van der Waals surface area contributed by atoms with Gasteiger partial charge in [-0.05, 0) is 42.3 Å². The summed E-state index contributed by atoms with van der Waals surface area (Å²) in [5.41, 5.74) is 3.62. The van der Waals surface area contributed by atoms with Crippen molar-refractivity contribution in [2.75, 3.05) is 6.61 Å². The van der Waals surface area contributed by atoms with E-state index in [-0.39, 0.29) is 30.4 Å². The van der Waals surface area contributed by atoms with Crippen molar-refractivity contribution in [2.45, 2.75) is 42.8 Å². The number of fused-ring (bicyclic) bond motifs is 2. The van der Waals surface area contributed by atoms with Gasteiger partial charge in [-0.3, -0.25) is 4.79 Å². The number of nitrogens with one attached hydrogen (secondary N) is 2. The molecule has 6 rings (SSSR count). The Kier molecular flexibility index (Phi) is 9.29. The van der Waals surface area contributed by atoms with Crippen molar-refractivity contribution in [3.63, 3.8) is 0 Å². The molecule has 3 heterocycles. The molecule has 0 saturated heterocycles. The minimum absolute atomic E-state index is 0.0258. The van der Waals surface area contributed by atoms with Crippen molar-refractivity contribution in [3.8, 4) is 5.75 Å². The molecule has 0 aliphatic carbocycles. The average Bonchev–Trinajstić information content (AvgIpc) is 3.81. The van der Waals surface area contributed by atoms with Crippen LogP contribution < -0.4 is 15.2 Å². The van der Waals surface area contributed by atoms with Gasteiger partial charge in [0.1, 0.15) is 30.1 Å². The molecule has 0 bridgehead atoms. The molecule has 3 aromatic carbocycles. The van der Waals surface area contributed by atoms with Gasteiger partial charge in [0.25, 0.3) is 10.0 Å². The van der Waals surface area contributed by atoms with Crippen LogP contribution in [0.3, 0.4) is 0 Å². The van der Waals surface area contributed by atoms with Gasteiger partial charge in [0, 0.05) is 29.9 Å². The average molecular weight is 674 g/mol. The quantitative estimate of drug-likeness (QED) is 0.154. The fourth-order valence-corrected chi connectivity index (χ4v) is 6.84. The molecule has 0 radical (unpaired) electrons. The van der Waals surface area contributed by atoms with Crippen molar-refractivity contribution in [2.24, 2.45) is 5.14 Å². The number of benzene rings is 3. The molecule has 15 heteroatoms. The molecule has 13 nitrogen and oxygen atoms in total. The largest absolute Gasteiger partial charge is 0.487 e. The fourth-order valence-electron chi connectivity index (χ4n) is 5.15. The summed E-state index contributed by atoms with van der Waals surface area (Å²) in [6, 6.07) is 20.4. The highest BCUT2D eigenvalue weighted by Gasteiger charge is 2.30. The van der Waals surface area contributed by atoms with Gasteiger partial charge in [-0.15, -0.1) is 16.4 Å². The van der Waals surface area contributed by atoms with Crippen LogP contribution in [0, 0.1) is 0 Å². The number of rotatable bonds is 13. The predicted molar refractivity (Wildman–Crippen MR) is 175 cm³/mol. The normalized spacial score (nSPS) is 13.0. The number of H-pyrrole nitrogens is 1. The second-order valence-corrected chi connectivity index (χ2v) is 13.5. The van der Waals surface area contributed by atoms with Gasteiger partial charge in [-0.25, -0.2) is 28.0 Å². The fraction of sp³-hybridized carbons (Fsp3) is 0.219. The minimum atomic E-state index is -3.92. The molecule has 0 aliphatic heterocycles. The lowest BCUT2D eigenvalue weighted by molar-refractivity contribution is -0.147. The number of ether oxygens (including phenoxy) is 2. The minimum Gasteiger partial charge on any atom is -0.487 e. The van der Waals surface area contributed by atoms with E-state index in [1.54, 1.807) is 31.3 Å². The highest BCUT2D eigenvalue weighted by molar-refractivity contribution is 7.91. The van der Waals surface area contributed by atoms with E-state index in [9.17, 15) is 18.0 Å². The molecule has 0 aliphatic rings. The van der Waals surface area contributed by atoms with Crippen LogP contribution in [-0.2, 0) is 43.8 Å². The topological polar surface area (TPSA) is 184 Å². The Balaban J connectivity index is 1.21. The van der Waals surface area contributed by atoms with Crippen LogP contribution in [0.1, 0.15) is 29.8 Å². The Hall–Kier alpha value is -5.12. The maximum atomic E-state index is 13.9. The van der Waals surface area contributed by atoms with Gasteiger partial charge in [0.15, 0.2) is 0 Å². The maximum Gasteiger partial charge on any atom is 0.328 e. The number of primary sulfonamides is 1. The highest BCUT2D eigenvalue weighted by Crippen LogP contribution is 2.28. The lowest BCUT2D eigenvalue weighted by atomic mass is 10.0. The molecule has 0 fully saturated rings. The first kappa shape index (κ1) is 31.8. The van der Waals surface area contributed by atoms with Crippen molar-refractivity contribution < 1.29 is 27.5 Å². The van der Waals surface area contributed by atoms with Gasteiger partial charge in [-0.2, -0.15) is 0 Å². The van der Waals surface area contributed by atoms with Crippen molar-refractivity contribution in [1.82, 2.24) is 30.3 Å².